The summed E-state index contributed by atoms with van der Waals surface area (Å²) in [4.78, 5) is 33.9. The molecule has 3 heterocycles. The van der Waals surface area contributed by atoms with Crippen LogP contribution < -0.4 is 0 Å². The van der Waals surface area contributed by atoms with Crippen LogP contribution in [0.3, 0.4) is 0 Å². The summed E-state index contributed by atoms with van der Waals surface area (Å²) in [5, 5.41) is 2.78. The predicted octanol–water partition coefficient (Wildman–Crippen LogP) is 3.45. The van der Waals surface area contributed by atoms with Gasteiger partial charge in [0.05, 0.1) is 30.8 Å². The molecule has 1 aromatic rings. The first-order valence-corrected chi connectivity index (χ1v) is 10.3. The van der Waals surface area contributed by atoms with Crippen molar-refractivity contribution >= 4 is 28.8 Å². The van der Waals surface area contributed by atoms with E-state index in [0.717, 1.165) is 42.4 Å². The van der Waals surface area contributed by atoms with Crippen molar-refractivity contribution in [1.82, 2.24) is 9.80 Å². The highest BCUT2D eigenvalue weighted by molar-refractivity contribution is 8.16. The van der Waals surface area contributed by atoms with Crippen molar-refractivity contribution in [2.75, 3.05) is 20.2 Å². The molecule has 1 unspecified atom stereocenters. The number of rotatable bonds is 4. The summed E-state index contributed by atoms with van der Waals surface area (Å²) in [7, 11) is 1.39. The van der Waals surface area contributed by atoms with Gasteiger partial charge in [-0.1, -0.05) is 42.1 Å². The Morgan fingerprint density at radius 3 is 2.61 bits per heavy atom. The third kappa shape index (κ3) is 3.35. The van der Waals surface area contributed by atoms with Gasteiger partial charge < -0.3 is 14.5 Å². The fourth-order valence-electron chi connectivity index (χ4n) is 3.92. The molecule has 1 amide bonds. The number of thioether (sulfide) groups is 1. The van der Waals surface area contributed by atoms with E-state index < -0.39 is 5.97 Å². The van der Waals surface area contributed by atoms with E-state index in [-0.39, 0.29) is 11.9 Å². The van der Waals surface area contributed by atoms with Gasteiger partial charge in [0.15, 0.2) is 5.17 Å². The minimum atomic E-state index is -0.392. The number of likely N-dealkylation sites (tertiary alicyclic amines) is 1. The Labute approximate surface area is 168 Å². The number of amidine groups is 1. The summed E-state index contributed by atoms with van der Waals surface area (Å²) < 4.78 is 5.06. The lowest BCUT2D eigenvalue weighted by Crippen LogP contribution is -2.38. The molecule has 3 aliphatic heterocycles. The summed E-state index contributed by atoms with van der Waals surface area (Å²) in [6.45, 7) is 3.49. The maximum absolute atomic E-state index is 12.8. The smallest absolute Gasteiger partial charge is 0.338 e. The Hall–Kier alpha value is -2.54. The lowest BCUT2D eigenvalue weighted by Gasteiger charge is -2.36. The van der Waals surface area contributed by atoms with Gasteiger partial charge in [-0.25, -0.2) is 9.79 Å². The van der Waals surface area contributed by atoms with Gasteiger partial charge in [0.1, 0.15) is 0 Å². The lowest BCUT2D eigenvalue weighted by molar-refractivity contribution is -0.136. The molecule has 4 rings (SSSR count). The average Bonchev–Trinajstić information content (AvgIpc) is 3.37. The molecule has 1 saturated heterocycles. The van der Waals surface area contributed by atoms with Crippen molar-refractivity contribution in [3.05, 3.63) is 58.3 Å². The zero-order valence-corrected chi connectivity index (χ0v) is 16.9. The van der Waals surface area contributed by atoms with Gasteiger partial charge in [-0.15, -0.1) is 0 Å². The number of benzene rings is 1. The lowest BCUT2D eigenvalue weighted by atomic mass is 9.94. The van der Waals surface area contributed by atoms with Crippen LogP contribution in [0.4, 0.5) is 0 Å². The third-order valence-corrected chi connectivity index (χ3v) is 6.20. The molecular weight excluding hydrogens is 374 g/mol. The van der Waals surface area contributed by atoms with Gasteiger partial charge in [0, 0.05) is 18.8 Å². The standard InChI is InChI=1S/C21H23N3O3S/c1-14-18(20(26)27-2)19(15-8-4-3-5-9-15)24-16(13-28-21(24)22-14)12-17(25)23-10-6-7-11-23/h3-5,8-9,13,19H,6-7,10-12H2,1-2H3. The van der Waals surface area contributed by atoms with Crippen LogP contribution in [0.5, 0.6) is 0 Å². The molecule has 3 aliphatic rings. The van der Waals surface area contributed by atoms with Crippen LogP contribution >= 0.6 is 11.8 Å². The molecular formula is C21H23N3O3S. The van der Waals surface area contributed by atoms with E-state index in [1.54, 1.807) is 0 Å². The summed E-state index contributed by atoms with van der Waals surface area (Å²) >= 11 is 1.50. The number of nitrogens with zero attached hydrogens (tertiary/aromatic N) is 3. The molecule has 0 aromatic heterocycles. The van der Waals surface area contributed by atoms with E-state index in [1.807, 2.05) is 52.5 Å². The number of carbonyl (C=O) groups is 2. The first kappa shape index (κ1) is 18.8. The van der Waals surface area contributed by atoms with E-state index in [4.69, 9.17) is 4.74 Å². The van der Waals surface area contributed by atoms with Gasteiger partial charge in [-0.2, -0.15) is 0 Å². The SMILES string of the molecule is COC(=O)C1=C(C)N=C2SC=C(CC(=O)N3CCCC3)N2C1c1ccccc1. The topological polar surface area (TPSA) is 62.2 Å². The number of methoxy groups -OCH3 is 1. The van der Waals surface area contributed by atoms with Crippen molar-refractivity contribution in [2.24, 2.45) is 4.99 Å². The van der Waals surface area contributed by atoms with Gasteiger partial charge >= 0.3 is 5.97 Å². The second kappa shape index (κ2) is 7.83. The Kier molecular flexibility index (Phi) is 5.26. The zero-order valence-electron chi connectivity index (χ0n) is 16.1. The Morgan fingerprint density at radius 2 is 1.93 bits per heavy atom. The number of hydrogen-bond donors (Lipinski definition) is 0. The van der Waals surface area contributed by atoms with Crippen molar-refractivity contribution in [1.29, 1.82) is 0 Å². The second-order valence-electron chi connectivity index (χ2n) is 7.06. The quantitative estimate of drug-likeness (QED) is 0.729. The molecule has 0 aliphatic carbocycles. The van der Waals surface area contributed by atoms with Crippen LogP contribution in [0, 0.1) is 0 Å². The maximum atomic E-state index is 12.8. The van der Waals surface area contributed by atoms with E-state index in [1.165, 1.54) is 18.9 Å². The van der Waals surface area contributed by atoms with Crippen LogP contribution in [0.25, 0.3) is 0 Å². The van der Waals surface area contributed by atoms with Crippen molar-refractivity contribution in [3.8, 4) is 0 Å². The molecule has 1 aromatic carbocycles. The zero-order chi connectivity index (χ0) is 19.7. The largest absolute Gasteiger partial charge is 0.466 e. The highest BCUT2D eigenvalue weighted by Crippen LogP contribution is 2.44. The molecule has 6 nitrogen and oxygen atoms in total. The van der Waals surface area contributed by atoms with Crippen LogP contribution in [-0.2, 0) is 14.3 Å². The maximum Gasteiger partial charge on any atom is 0.338 e. The van der Waals surface area contributed by atoms with Crippen molar-refractivity contribution in [2.45, 2.75) is 32.2 Å². The van der Waals surface area contributed by atoms with E-state index >= 15 is 0 Å². The van der Waals surface area contributed by atoms with E-state index in [0.29, 0.717) is 17.7 Å². The number of esters is 1. The average molecular weight is 398 g/mol. The van der Waals surface area contributed by atoms with E-state index in [9.17, 15) is 9.59 Å². The fraction of sp³-hybridized carbons (Fsp3) is 0.381. The third-order valence-electron chi connectivity index (χ3n) is 5.31. The molecule has 0 bridgehead atoms. The highest BCUT2D eigenvalue weighted by atomic mass is 32.2. The number of ether oxygens (including phenoxy) is 1. The van der Waals surface area contributed by atoms with Crippen LogP contribution in [-0.4, -0.2) is 47.0 Å². The molecule has 0 saturated carbocycles. The molecule has 7 heteroatoms. The minimum Gasteiger partial charge on any atom is -0.466 e. The summed E-state index contributed by atoms with van der Waals surface area (Å²) in [5.41, 5.74) is 3.01. The van der Waals surface area contributed by atoms with Gasteiger partial charge in [0.2, 0.25) is 5.91 Å². The predicted molar refractivity (Wildman–Crippen MR) is 109 cm³/mol. The molecule has 0 spiro atoms. The highest BCUT2D eigenvalue weighted by Gasteiger charge is 2.41. The Morgan fingerprint density at radius 1 is 1.21 bits per heavy atom. The monoisotopic (exact) mass is 397 g/mol. The number of carbonyl (C=O) groups excluding carboxylic acids is 2. The van der Waals surface area contributed by atoms with Crippen LogP contribution in [0.1, 0.15) is 37.8 Å². The van der Waals surface area contributed by atoms with Crippen molar-refractivity contribution < 1.29 is 14.3 Å². The number of hydrogen-bond acceptors (Lipinski definition) is 6. The molecule has 1 atom stereocenters. The number of amides is 1. The second-order valence-corrected chi connectivity index (χ2v) is 7.90. The molecule has 28 heavy (non-hydrogen) atoms. The fourth-order valence-corrected chi connectivity index (χ4v) is 4.89. The molecule has 0 N–H and O–H groups in total. The van der Waals surface area contributed by atoms with Crippen LogP contribution in [0.2, 0.25) is 0 Å². The summed E-state index contributed by atoms with van der Waals surface area (Å²) in [5.74, 6) is -0.264. The van der Waals surface area contributed by atoms with E-state index in [2.05, 4.69) is 4.99 Å². The molecule has 0 radical (unpaired) electrons. The summed E-state index contributed by atoms with van der Waals surface area (Å²) in [6.07, 6.45) is 2.44. The Bertz CT molecular complexity index is 885. The number of allylic oxidation sites excluding steroid dienone is 1. The van der Waals surface area contributed by atoms with Crippen molar-refractivity contribution in [3.63, 3.8) is 0 Å². The first-order valence-electron chi connectivity index (χ1n) is 9.45. The first-order chi connectivity index (χ1) is 13.6. The number of aliphatic imine (C=N–C) groups is 1. The minimum absolute atomic E-state index is 0.128. The van der Waals surface area contributed by atoms with Gasteiger partial charge in [-0.05, 0) is 30.7 Å². The molecule has 1 fully saturated rings. The molecule has 146 valence electrons. The summed E-state index contributed by atoms with van der Waals surface area (Å²) in [6, 6.07) is 9.48. The normalized spacial score (nSPS) is 21.4. The number of fused-ring (bicyclic) bond motifs is 1. The van der Waals surface area contributed by atoms with Gasteiger partial charge in [0.25, 0.3) is 0 Å². The van der Waals surface area contributed by atoms with Crippen LogP contribution in [0.15, 0.2) is 57.7 Å². The van der Waals surface area contributed by atoms with Gasteiger partial charge in [-0.3, -0.25) is 4.79 Å². The Balaban J connectivity index is 1.70.